The standard InChI is InChI=1S/C17H17NO/c1-2-15-11-7-13-17(18-19)16(15)12-6-10-14-8-4-3-5-9-14/h2-13,17-19H,1H2. The van der Waals surface area contributed by atoms with Gasteiger partial charge in [-0.2, -0.15) is 5.48 Å². The molecular formula is C17H17NO. The molecule has 0 saturated heterocycles. The quantitative estimate of drug-likeness (QED) is 0.800. The molecule has 0 saturated carbocycles. The first kappa shape index (κ1) is 13.3. The molecule has 0 aromatic heterocycles. The third-order valence-corrected chi connectivity index (χ3v) is 2.97. The van der Waals surface area contributed by atoms with Crippen molar-refractivity contribution in [3.05, 3.63) is 90.1 Å². The molecule has 2 N–H and O–H groups in total. The van der Waals surface area contributed by atoms with Gasteiger partial charge >= 0.3 is 0 Å². The monoisotopic (exact) mass is 251 g/mol. The molecule has 0 aliphatic heterocycles. The van der Waals surface area contributed by atoms with Gasteiger partial charge in [0.15, 0.2) is 0 Å². The molecule has 2 nitrogen and oxygen atoms in total. The fourth-order valence-corrected chi connectivity index (χ4v) is 1.98. The Balaban J connectivity index is 2.21. The number of nitrogens with one attached hydrogen (secondary N) is 1. The van der Waals surface area contributed by atoms with Crippen molar-refractivity contribution in [3.8, 4) is 0 Å². The second-order valence-electron chi connectivity index (χ2n) is 4.21. The fourth-order valence-electron chi connectivity index (χ4n) is 1.98. The van der Waals surface area contributed by atoms with Crippen molar-refractivity contribution in [1.82, 2.24) is 5.48 Å². The van der Waals surface area contributed by atoms with E-state index in [2.05, 4.69) is 12.1 Å². The van der Waals surface area contributed by atoms with Crippen molar-refractivity contribution in [2.45, 2.75) is 6.04 Å². The summed E-state index contributed by atoms with van der Waals surface area (Å²) in [5.41, 5.74) is 5.43. The molecule has 19 heavy (non-hydrogen) atoms. The van der Waals surface area contributed by atoms with Crippen molar-refractivity contribution < 1.29 is 5.21 Å². The smallest absolute Gasteiger partial charge is 0.0758 e. The number of benzene rings is 1. The Bertz CT molecular complexity index is 550. The van der Waals surface area contributed by atoms with E-state index in [1.807, 2.05) is 66.8 Å². The van der Waals surface area contributed by atoms with Crippen LogP contribution in [0.15, 0.2) is 84.5 Å². The summed E-state index contributed by atoms with van der Waals surface area (Å²) in [5, 5.41) is 9.16. The highest BCUT2D eigenvalue weighted by Gasteiger charge is 2.14. The maximum atomic E-state index is 9.16. The zero-order chi connectivity index (χ0) is 13.5. The van der Waals surface area contributed by atoms with E-state index in [4.69, 9.17) is 5.21 Å². The second-order valence-corrected chi connectivity index (χ2v) is 4.21. The molecular weight excluding hydrogens is 234 g/mol. The number of hydrogen-bond acceptors (Lipinski definition) is 2. The van der Waals surface area contributed by atoms with Crippen LogP contribution in [0.2, 0.25) is 0 Å². The first-order valence-corrected chi connectivity index (χ1v) is 6.19. The molecule has 0 heterocycles. The van der Waals surface area contributed by atoms with E-state index in [9.17, 15) is 0 Å². The van der Waals surface area contributed by atoms with Crippen molar-refractivity contribution in [1.29, 1.82) is 0 Å². The van der Waals surface area contributed by atoms with Crippen LogP contribution in [0.5, 0.6) is 0 Å². The van der Waals surface area contributed by atoms with Crippen LogP contribution in [0.1, 0.15) is 5.56 Å². The normalized spacial score (nSPS) is 20.8. The van der Waals surface area contributed by atoms with Crippen molar-refractivity contribution in [2.75, 3.05) is 0 Å². The van der Waals surface area contributed by atoms with Crippen LogP contribution in [-0.4, -0.2) is 11.2 Å². The fraction of sp³-hybridized carbons (Fsp3) is 0.0588. The predicted molar refractivity (Wildman–Crippen MR) is 79.7 cm³/mol. The Kier molecular flexibility index (Phi) is 4.67. The molecule has 96 valence electrons. The summed E-state index contributed by atoms with van der Waals surface area (Å²) < 4.78 is 0. The van der Waals surface area contributed by atoms with E-state index in [1.165, 1.54) is 0 Å². The van der Waals surface area contributed by atoms with Crippen molar-refractivity contribution in [3.63, 3.8) is 0 Å². The van der Waals surface area contributed by atoms with Gasteiger partial charge in [0.2, 0.25) is 0 Å². The predicted octanol–water partition coefficient (Wildman–Crippen LogP) is 3.66. The summed E-state index contributed by atoms with van der Waals surface area (Å²) in [5.74, 6) is 0. The van der Waals surface area contributed by atoms with E-state index in [1.54, 1.807) is 6.08 Å². The Morgan fingerprint density at radius 3 is 2.68 bits per heavy atom. The van der Waals surface area contributed by atoms with E-state index in [0.29, 0.717) is 0 Å². The highest BCUT2D eigenvalue weighted by atomic mass is 16.5. The molecule has 1 aromatic carbocycles. The van der Waals surface area contributed by atoms with Crippen molar-refractivity contribution >= 4 is 6.08 Å². The van der Waals surface area contributed by atoms with Gasteiger partial charge in [0.05, 0.1) is 6.04 Å². The molecule has 0 amide bonds. The summed E-state index contributed by atoms with van der Waals surface area (Å²) in [7, 11) is 0. The van der Waals surface area contributed by atoms with Gasteiger partial charge in [0.1, 0.15) is 0 Å². The van der Waals surface area contributed by atoms with E-state index >= 15 is 0 Å². The number of hydrogen-bond donors (Lipinski definition) is 2. The summed E-state index contributed by atoms with van der Waals surface area (Å²) >= 11 is 0. The zero-order valence-corrected chi connectivity index (χ0v) is 10.7. The number of hydroxylamine groups is 1. The second kappa shape index (κ2) is 6.69. The Hall–Kier alpha value is -2.16. The van der Waals surface area contributed by atoms with Crippen LogP contribution in [-0.2, 0) is 0 Å². The van der Waals surface area contributed by atoms with E-state index < -0.39 is 0 Å². The number of allylic oxidation sites excluding steroid dienone is 5. The summed E-state index contributed by atoms with van der Waals surface area (Å²) in [6.45, 7) is 3.79. The first-order chi connectivity index (χ1) is 9.35. The molecule has 2 heteroatoms. The van der Waals surface area contributed by atoms with E-state index in [-0.39, 0.29) is 6.04 Å². The average molecular weight is 251 g/mol. The van der Waals surface area contributed by atoms with Gasteiger partial charge in [0.25, 0.3) is 0 Å². The van der Waals surface area contributed by atoms with Gasteiger partial charge < -0.3 is 5.21 Å². The highest BCUT2D eigenvalue weighted by molar-refractivity contribution is 5.55. The minimum absolute atomic E-state index is 0.196. The maximum Gasteiger partial charge on any atom is 0.0758 e. The summed E-state index contributed by atoms with van der Waals surface area (Å²) in [6, 6.07) is 9.89. The highest BCUT2D eigenvalue weighted by Crippen LogP contribution is 2.21. The van der Waals surface area contributed by atoms with Crippen LogP contribution in [0.3, 0.4) is 0 Å². The van der Waals surface area contributed by atoms with E-state index in [0.717, 1.165) is 16.7 Å². The maximum absolute atomic E-state index is 9.16. The molecule has 1 aromatic rings. The molecule has 1 atom stereocenters. The van der Waals surface area contributed by atoms with Crippen LogP contribution in [0.4, 0.5) is 0 Å². The molecule has 0 spiro atoms. The third kappa shape index (κ3) is 3.41. The van der Waals surface area contributed by atoms with Gasteiger partial charge in [-0.1, -0.05) is 79.4 Å². The van der Waals surface area contributed by atoms with Crippen molar-refractivity contribution in [2.24, 2.45) is 0 Å². The van der Waals surface area contributed by atoms with Gasteiger partial charge in [-0.15, -0.1) is 0 Å². The minimum atomic E-state index is -0.196. The third-order valence-electron chi connectivity index (χ3n) is 2.97. The van der Waals surface area contributed by atoms with Gasteiger partial charge in [-0.3, -0.25) is 0 Å². The van der Waals surface area contributed by atoms with Gasteiger partial charge in [-0.25, -0.2) is 0 Å². The molecule has 1 aliphatic rings. The average Bonchev–Trinajstić information content (AvgIpc) is 2.48. The van der Waals surface area contributed by atoms with Crippen LogP contribution in [0, 0.1) is 0 Å². The zero-order valence-electron chi connectivity index (χ0n) is 10.7. The lowest BCUT2D eigenvalue weighted by Gasteiger charge is -2.19. The SMILES string of the molecule is C=CC1=CC=CC(NO)C1=CC=Cc1ccccc1. The summed E-state index contributed by atoms with van der Waals surface area (Å²) in [6.07, 6.45) is 13.6. The Morgan fingerprint density at radius 1 is 1.21 bits per heavy atom. The lowest BCUT2D eigenvalue weighted by atomic mass is 9.93. The Labute approximate surface area is 113 Å². The lowest BCUT2D eigenvalue weighted by Crippen LogP contribution is -2.27. The largest absolute Gasteiger partial charge is 0.316 e. The Morgan fingerprint density at radius 2 is 2.00 bits per heavy atom. The first-order valence-electron chi connectivity index (χ1n) is 6.19. The molecule has 0 radical (unpaired) electrons. The van der Waals surface area contributed by atoms with Gasteiger partial charge in [-0.05, 0) is 16.7 Å². The summed E-state index contributed by atoms with van der Waals surface area (Å²) in [4.78, 5) is 0. The number of rotatable bonds is 4. The van der Waals surface area contributed by atoms with Crippen LogP contribution in [0.25, 0.3) is 6.08 Å². The molecule has 2 rings (SSSR count). The molecule has 1 unspecified atom stereocenters. The van der Waals surface area contributed by atoms with Crippen LogP contribution >= 0.6 is 0 Å². The molecule has 0 bridgehead atoms. The van der Waals surface area contributed by atoms with Crippen LogP contribution < -0.4 is 5.48 Å². The molecule has 1 aliphatic carbocycles. The molecule has 0 fully saturated rings. The topological polar surface area (TPSA) is 32.3 Å². The minimum Gasteiger partial charge on any atom is -0.316 e. The van der Waals surface area contributed by atoms with Gasteiger partial charge in [0, 0.05) is 0 Å². The lowest BCUT2D eigenvalue weighted by molar-refractivity contribution is 0.155.